The molecule has 1 N–H and O–H groups in total. The summed E-state index contributed by atoms with van der Waals surface area (Å²) in [5.74, 6) is -0.295. The fourth-order valence-corrected chi connectivity index (χ4v) is 4.16. The number of nitrogens with zero attached hydrogens (tertiary/aromatic N) is 1. The van der Waals surface area contributed by atoms with E-state index >= 15 is 0 Å². The molecule has 23 heavy (non-hydrogen) atoms. The number of hydrogen-bond acceptors (Lipinski definition) is 3. The van der Waals surface area contributed by atoms with Gasteiger partial charge < -0.3 is 5.32 Å². The molecule has 0 fully saturated rings. The van der Waals surface area contributed by atoms with E-state index in [9.17, 15) is 13.2 Å². The van der Waals surface area contributed by atoms with Gasteiger partial charge in [0.1, 0.15) is 0 Å². The summed E-state index contributed by atoms with van der Waals surface area (Å²) >= 11 is 0. The predicted molar refractivity (Wildman–Crippen MR) is 91.5 cm³/mol. The van der Waals surface area contributed by atoms with E-state index in [0.29, 0.717) is 19.6 Å². The van der Waals surface area contributed by atoms with Crippen LogP contribution in [0.5, 0.6) is 0 Å². The smallest absolute Gasteiger partial charge is 0.221 e. The van der Waals surface area contributed by atoms with Crippen molar-refractivity contribution in [3.8, 4) is 0 Å². The van der Waals surface area contributed by atoms with Crippen LogP contribution in [0.3, 0.4) is 0 Å². The fraction of sp³-hybridized carbons (Fsp3) is 0.588. The molecule has 0 spiro atoms. The number of sulfonamides is 1. The van der Waals surface area contributed by atoms with Gasteiger partial charge in [-0.3, -0.25) is 4.79 Å². The maximum Gasteiger partial charge on any atom is 0.221 e. The molecule has 1 heterocycles. The Labute approximate surface area is 139 Å². The molecule has 1 amide bonds. The Balaban J connectivity index is 1.82. The summed E-state index contributed by atoms with van der Waals surface area (Å²) in [4.78, 5) is 11.7. The van der Waals surface area contributed by atoms with E-state index in [0.717, 1.165) is 31.2 Å². The van der Waals surface area contributed by atoms with Crippen molar-refractivity contribution in [2.75, 3.05) is 18.8 Å². The second-order valence-corrected chi connectivity index (χ2v) is 8.06. The minimum absolute atomic E-state index is 0.0343. The Morgan fingerprint density at radius 2 is 1.96 bits per heavy atom. The Kier molecular flexibility index (Phi) is 6.59. The molecule has 6 heteroatoms. The third kappa shape index (κ3) is 5.32. The number of unbranched alkanes of at least 4 members (excludes halogenated alkanes) is 2. The van der Waals surface area contributed by atoms with Gasteiger partial charge >= 0.3 is 0 Å². The van der Waals surface area contributed by atoms with Gasteiger partial charge in [-0.2, -0.15) is 4.31 Å². The molecule has 1 aliphatic heterocycles. The van der Waals surface area contributed by atoms with Crippen molar-refractivity contribution in [3.63, 3.8) is 0 Å². The largest absolute Gasteiger partial charge is 0.356 e. The summed E-state index contributed by atoms with van der Waals surface area (Å²) in [5, 5.41) is 2.79. The number of nitrogens with one attached hydrogen (secondary N) is 1. The predicted octanol–water partition coefficient (Wildman–Crippen LogP) is 2.07. The monoisotopic (exact) mass is 338 g/mol. The molecule has 0 bridgehead atoms. The van der Waals surface area contributed by atoms with Crippen molar-refractivity contribution in [2.45, 2.75) is 45.6 Å². The number of benzene rings is 1. The molecule has 0 aromatic heterocycles. The topological polar surface area (TPSA) is 66.5 Å². The first-order valence-electron chi connectivity index (χ1n) is 8.34. The molecule has 1 aromatic rings. The number of carbonyl (C=O) groups is 1. The Morgan fingerprint density at radius 1 is 1.22 bits per heavy atom. The molecular weight excluding hydrogens is 312 g/mol. The van der Waals surface area contributed by atoms with E-state index in [1.165, 1.54) is 9.87 Å². The lowest BCUT2D eigenvalue weighted by Gasteiger charge is -2.28. The maximum absolute atomic E-state index is 12.4. The Morgan fingerprint density at radius 3 is 2.70 bits per heavy atom. The quantitative estimate of drug-likeness (QED) is 0.738. The molecule has 0 aliphatic carbocycles. The zero-order chi connectivity index (χ0) is 16.7. The van der Waals surface area contributed by atoms with E-state index in [1.54, 1.807) is 0 Å². The molecule has 5 nitrogen and oxygen atoms in total. The third-order valence-electron chi connectivity index (χ3n) is 4.18. The molecular formula is C17H26N2O3S. The molecule has 0 saturated heterocycles. The summed E-state index contributed by atoms with van der Waals surface area (Å²) in [5.41, 5.74) is 2.28. The highest BCUT2D eigenvalue weighted by atomic mass is 32.2. The van der Waals surface area contributed by atoms with Gasteiger partial charge in [0.2, 0.25) is 15.9 Å². The van der Waals surface area contributed by atoms with Crippen LogP contribution >= 0.6 is 0 Å². The van der Waals surface area contributed by atoms with Crippen LogP contribution in [0, 0.1) is 0 Å². The standard InChI is InChI=1S/C17H26N2O3S/c1-2-3-6-11-18-17(20)10-13-23(21,22)19-12-9-15-7-4-5-8-16(15)14-19/h4-5,7-8H,2-3,6,9-14H2,1H3,(H,18,20). The van der Waals surface area contributed by atoms with Crippen molar-refractivity contribution < 1.29 is 13.2 Å². The van der Waals surface area contributed by atoms with Gasteiger partial charge in [0.05, 0.1) is 5.75 Å². The molecule has 1 aliphatic rings. The summed E-state index contributed by atoms with van der Waals surface area (Å²) < 4.78 is 26.3. The minimum Gasteiger partial charge on any atom is -0.356 e. The van der Waals surface area contributed by atoms with Gasteiger partial charge in [-0.25, -0.2) is 8.42 Å². The average molecular weight is 338 g/mol. The summed E-state index contributed by atoms with van der Waals surface area (Å²) in [7, 11) is -3.38. The number of rotatable bonds is 8. The van der Waals surface area contributed by atoms with Crippen LogP contribution in [-0.4, -0.2) is 37.5 Å². The van der Waals surface area contributed by atoms with E-state index in [-0.39, 0.29) is 18.1 Å². The van der Waals surface area contributed by atoms with E-state index in [2.05, 4.69) is 12.2 Å². The molecule has 0 radical (unpaired) electrons. The summed E-state index contributed by atoms with van der Waals surface area (Å²) in [6, 6.07) is 7.92. The number of carbonyl (C=O) groups excluding carboxylic acids is 1. The normalized spacial score (nSPS) is 15.2. The van der Waals surface area contributed by atoms with E-state index in [1.807, 2.05) is 24.3 Å². The molecule has 2 rings (SSSR count). The fourth-order valence-electron chi connectivity index (χ4n) is 2.75. The van der Waals surface area contributed by atoms with Crippen molar-refractivity contribution in [1.82, 2.24) is 9.62 Å². The highest BCUT2D eigenvalue weighted by molar-refractivity contribution is 7.89. The third-order valence-corrected chi connectivity index (χ3v) is 6.00. The van der Waals surface area contributed by atoms with Gasteiger partial charge in [-0.05, 0) is 24.0 Å². The Hall–Kier alpha value is -1.40. The second-order valence-electron chi connectivity index (χ2n) is 5.98. The first-order valence-corrected chi connectivity index (χ1v) is 9.95. The zero-order valence-corrected chi connectivity index (χ0v) is 14.6. The highest BCUT2D eigenvalue weighted by Gasteiger charge is 2.26. The molecule has 0 atom stereocenters. The van der Waals surface area contributed by atoms with E-state index < -0.39 is 10.0 Å². The van der Waals surface area contributed by atoms with Crippen molar-refractivity contribution >= 4 is 15.9 Å². The first kappa shape index (κ1) is 17.9. The SMILES string of the molecule is CCCCCNC(=O)CCS(=O)(=O)N1CCc2ccccc2C1. The first-order chi connectivity index (χ1) is 11.0. The van der Waals surface area contributed by atoms with Crippen LogP contribution < -0.4 is 5.32 Å². The molecule has 128 valence electrons. The van der Waals surface area contributed by atoms with Crippen LogP contribution in [0.4, 0.5) is 0 Å². The van der Waals surface area contributed by atoms with Crippen LogP contribution in [0.2, 0.25) is 0 Å². The van der Waals surface area contributed by atoms with Crippen LogP contribution in [-0.2, 0) is 27.8 Å². The highest BCUT2D eigenvalue weighted by Crippen LogP contribution is 2.21. The van der Waals surface area contributed by atoms with Gasteiger partial charge in [0, 0.05) is 26.1 Å². The van der Waals surface area contributed by atoms with Gasteiger partial charge in [0.15, 0.2) is 0 Å². The van der Waals surface area contributed by atoms with Gasteiger partial charge in [-0.15, -0.1) is 0 Å². The number of fused-ring (bicyclic) bond motifs is 1. The lowest BCUT2D eigenvalue weighted by Crippen LogP contribution is -2.38. The minimum atomic E-state index is -3.38. The summed E-state index contributed by atoms with van der Waals surface area (Å²) in [6.45, 7) is 3.64. The second kappa shape index (κ2) is 8.45. The van der Waals surface area contributed by atoms with Crippen molar-refractivity contribution in [1.29, 1.82) is 0 Å². The maximum atomic E-state index is 12.4. The van der Waals surface area contributed by atoms with Crippen LogP contribution in [0.25, 0.3) is 0 Å². The zero-order valence-electron chi connectivity index (χ0n) is 13.8. The van der Waals surface area contributed by atoms with Gasteiger partial charge in [0.25, 0.3) is 0 Å². The molecule has 0 unspecified atom stereocenters. The lowest BCUT2D eigenvalue weighted by atomic mass is 10.0. The van der Waals surface area contributed by atoms with Gasteiger partial charge in [-0.1, -0.05) is 44.0 Å². The van der Waals surface area contributed by atoms with Crippen molar-refractivity contribution in [2.24, 2.45) is 0 Å². The Bertz CT molecular complexity index is 628. The summed E-state index contributed by atoms with van der Waals surface area (Å²) in [6.07, 6.45) is 3.88. The molecule has 0 saturated carbocycles. The van der Waals surface area contributed by atoms with Crippen molar-refractivity contribution in [3.05, 3.63) is 35.4 Å². The van der Waals surface area contributed by atoms with Crippen LogP contribution in [0.1, 0.15) is 43.7 Å². The average Bonchev–Trinajstić information content (AvgIpc) is 2.56. The van der Waals surface area contributed by atoms with E-state index in [4.69, 9.17) is 0 Å². The van der Waals surface area contributed by atoms with Crippen LogP contribution in [0.15, 0.2) is 24.3 Å². The molecule has 1 aromatic carbocycles. The lowest BCUT2D eigenvalue weighted by molar-refractivity contribution is -0.120. The number of amides is 1. The number of hydrogen-bond donors (Lipinski definition) is 1.